The van der Waals surface area contributed by atoms with E-state index in [1.807, 2.05) is 13.8 Å². The van der Waals surface area contributed by atoms with Crippen LogP contribution in [-0.4, -0.2) is 0 Å². The minimum absolute atomic E-state index is 0.115. The Bertz CT molecular complexity index is 411. The van der Waals surface area contributed by atoms with Gasteiger partial charge in [0.05, 0.1) is 0 Å². The lowest BCUT2D eigenvalue weighted by molar-refractivity contribution is -0.308. The quantitative estimate of drug-likeness (QED) is 0.578. The highest BCUT2D eigenvalue weighted by molar-refractivity contribution is 7.57. The number of anilines is 1. The predicted octanol–water partition coefficient (Wildman–Crippen LogP) is -0.0674. The van der Waals surface area contributed by atoms with Gasteiger partial charge in [0.2, 0.25) is 0 Å². The van der Waals surface area contributed by atoms with Gasteiger partial charge in [-0.2, -0.15) is 0 Å². The Morgan fingerprint density at radius 2 is 1.73 bits per heavy atom. The van der Waals surface area contributed by atoms with Crippen LogP contribution in [0.2, 0.25) is 0 Å². The summed E-state index contributed by atoms with van der Waals surface area (Å²) < 4.78 is 11.0. The molecule has 0 fully saturated rings. The number of hydrogen-bond acceptors (Lipinski definition) is 4. The first-order valence-corrected chi connectivity index (χ1v) is 6.38. The van der Waals surface area contributed by atoms with Crippen LogP contribution < -0.4 is 20.8 Å². The van der Waals surface area contributed by atoms with E-state index in [1.165, 1.54) is 12.1 Å². The molecule has 0 saturated carbocycles. The second kappa shape index (κ2) is 4.35. The van der Waals surface area contributed by atoms with E-state index in [0.29, 0.717) is 24.1 Å². The van der Waals surface area contributed by atoms with Gasteiger partial charge in [0.1, 0.15) is 0 Å². The lowest BCUT2D eigenvalue weighted by Gasteiger charge is -2.33. The maximum absolute atomic E-state index is 11.0. The molecule has 15 heavy (non-hydrogen) atoms. The molecule has 0 bridgehead atoms. The molecule has 84 valence electrons. The van der Waals surface area contributed by atoms with Crippen molar-refractivity contribution in [2.75, 3.05) is 5.73 Å². The van der Waals surface area contributed by atoms with Gasteiger partial charge in [0.25, 0.3) is 0 Å². The van der Waals surface area contributed by atoms with Gasteiger partial charge in [-0.3, -0.25) is 0 Å². The summed E-state index contributed by atoms with van der Waals surface area (Å²) in [6.45, 7) is 3.70. The molecule has 0 aliphatic rings. The van der Waals surface area contributed by atoms with E-state index in [0.717, 1.165) is 5.56 Å². The number of benzene rings is 1. The highest BCUT2D eigenvalue weighted by atomic mass is 31.2. The average Bonchev–Trinajstić information content (AvgIpc) is 2.15. The van der Waals surface area contributed by atoms with Crippen molar-refractivity contribution in [3.8, 4) is 0 Å². The molecule has 0 atom stereocenters. The molecule has 5 heteroatoms. The highest BCUT2D eigenvalue weighted by Gasteiger charge is 2.10. The number of nitrogen functional groups attached to an aromatic ring is 1. The number of hydrogen-bond donors (Lipinski definition) is 1. The zero-order valence-electron chi connectivity index (χ0n) is 8.82. The first kappa shape index (κ1) is 12.2. The summed E-state index contributed by atoms with van der Waals surface area (Å²) in [5, 5.41) is -0.115. The third-order valence-corrected chi connectivity index (χ3v) is 3.45. The summed E-state index contributed by atoms with van der Waals surface area (Å²) >= 11 is 0. The summed E-state index contributed by atoms with van der Waals surface area (Å²) in [4.78, 5) is 22.0. The van der Waals surface area contributed by atoms with E-state index in [-0.39, 0.29) is 5.30 Å². The first-order valence-electron chi connectivity index (χ1n) is 4.84. The van der Waals surface area contributed by atoms with Crippen molar-refractivity contribution in [1.82, 2.24) is 0 Å². The van der Waals surface area contributed by atoms with Crippen LogP contribution in [0, 0.1) is 0 Å². The summed E-state index contributed by atoms with van der Waals surface area (Å²) in [5.74, 6) is 0. The molecule has 0 heterocycles. The third-order valence-electron chi connectivity index (χ3n) is 2.44. The SMILES string of the molecule is CCc1c(N)ccc(P(=O)([O-])[O-])c1CC. The van der Waals surface area contributed by atoms with Crippen LogP contribution in [0.25, 0.3) is 0 Å². The molecule has 1 aromatic carbocycles. The topological polar surface area (TPSA) is 89.2 Å². The Morgan fingerprint density at radius 3 is 2.13 bits per heavy atom. The molecule has 2 N–H and O–H groups in total. The smallest absolute Gasteiger partial charge is 0.0349 e. The van der Waals surface area contributed by atoms with Gasteiger partial charge in [-0.15, -0.1) is 0 Å². The molecule has 0 aliphatic carbocycles. The van der Waals surface area contributed by atoms with Crippen molar-refractivity contribution in [3.05, 3.63) is 23.3 Å². The van der Waals surface area contributed by atoms with E-state index < -0.39 is 7.60 Å². The molecule has 0 amide bonds. The van der Waals surface area contributed by atoms with Crippen molar-refractivity contribution >= 4 is 18.6 Å². The minimum atomic E-state index is -4.69. The molecule has 0 spiro atoms. The van der Waals surface area contributed by atoms with Gasteiger partial charge in [-0.25, -0.2) is 0 Å². The highest BCUT2D eigenvalue weighted by Crippen LogP contribution is 2.29. The summed E-state index contributed by atoms with van der Waals surface area (Å²) in [6.07, 6.45) is 1.13. The van der Waals surface area contributed by atoms with Gasteiger partial charge in [-0.05, 0) is 42.9 Å². The molecule has 1 rings (SSSR count). The maximum atomic E-state index is 11.0. The van der Waals surface area contributed by atoms with Crippen molar-refractivity contribution in [1.29, 1.82) is 0 Å². The van der Waals surface area contributed by atoms with Crippen LogP contribution in [-0.2, 0) is 17.4 Å². The Hall–Kier alpha value is -0.830. The molecule has 0 unspecified atom stereocenters. The lowest BCUT2D eigenvalue weighted by Crippen LogP contribution is -2.28. The van der Waals surface area contributed by atoms with Crippen molar-refractivity contribution in [2.45, 2.75) is 26.7 Å². The van der Waals surface area contributed by atoms with Crippen LogP contribution in [0.1, 0.15) is 25.0 Å². The van der Waals surface area contributed by atoms with Gasteiger partial charge >= 0.3 is 0 Å². The van der Waals surface area contributed by atoms with Crippen LogP contribution in [0.4, 0.5) is 5.69 Å². The fraction of sp³-hybridized carbons (Fsp3) is 0.400. The van der Waals surface area contributed by atoms with Gasteiger partial charge in [-0.1, -0.05) is 19.9 Å². The number of rotatable bonds is 3. The molecule has 4 nitrogen and oxygen atoms in total. The van der Waals surface area contributed by atoms with Gasteiger partial charge in [0, 0.05) is 5.69 Å². The molecule has 0 saturated heterocycles. The van der Waals surface area contributed by atoms with E-state index >= 15 is 0 Å². The average molecular weight is 227 g/mol. The molecule has 0 aliphatic heterocycles. The summed E-state index contributed by atoms with van der Waals surface area (Å²) in [6, 6.07) is 2.78. The van der Waals surface area contributed by atoms with E-state index in [1.54, 1.807) is 0 Å². The first-order chi connectivity index (χ1) is 6.91. The second-order valence-electron chi connectivity index (χ2n) is 3.34. The molecular weight excluding hydrogens is 213 g/mol. The van der Waals surface area contributed by atoms with E-state index in [4.69, 9.17) is 5.73 Å². The zero-order valence-corrected chi connectivity index (χ0v) is 9.71. The van der Waals surface area contributed by atoms with Crippen molar-refractivity contribution in [2.24, 2.45) is 0 Å². The lowest BCUT2D eigenvalue weighted by atomic mass is 10.0. The fourth-order valence-electron chi connectivity index (χ4n) is 1.77. The van der Waals surface area contributed by atoms with Gasteiger partial charge in [0.15, 0.2) is 0 Å². The third kappa shape index (κ3) is 2.40. The molecule has 1 aromatic rings. The van der Waals surface area contributed by atoms with Crippen LogP contribution in [0.3, 0.4) is 0 Å². The predicted molar refractivity (Wildman–Crippen MR) is 56.9 cm³/mol. The van der Waals surface area contributed by atoms with Crippen LogP contribution in [0.5, 0.6) is 0 Å². The maximum Gasteiger partial charge on any atom is 0.0349 e. The monoisotopic (exact) mass is 227 g/mol. The Morgan fingerprint density at radius 1 is 1.20 bits per heavy atom. The Kier molecular flexibility index (Phi) is 3.55. The second-order valence-corrected chi connectivity index (χ2v) is 4.81. The standard InChI is InChI=1S/C10H16NO3P/c1-3-7-8(4-2)10(15(12,13)14)6-5-9(7)11/h5-6H,3-4,11H2,1-2H3,(H2,12,13,14)/p-2. The zero-order chi connectivity index (χ0) is 11.6. The van der Waals surface area contributed by atoms with E-state index in [9.17, 15) is 14.4 Å². The minimum Gasteiger partial charge on any atom is -0.807 e. The number of nitrogens with two attached hydrogens (primary N) is 1. The Balaban J connectivity index is 3.49. The van der Waals surface area contributed by atoms with Crippen LogP contribution in [0.15, 0.2) is 12.1 Å². The molecule has 0 aromatic heterocycles. The van der Waals surface area contributed by atoms with Crippen LogP contribution >= 0.6 is 7.60 Å². The molecule has 0 radical (unpaired) electrons. The summed E-state index contributed by atoms with van der Waals surface area (Å²) in [7, 11) is -4.69. The summed E-state index contributed by atoms with van der Waals surface area (Å²) in [5.41, 5.74) is 7.60. The van der Waals surface area contributed by atoms with Crippen molar-refractivity contribution in [3.63, 3.8) is 0 Å². The van der Waals surface area contributed by atoms with Gasteiger partial charge < -0.3 is 20.1 Å². The Labute approximate surface area is 89.3 Å². The molecular formula is C10H14NO3P-2. The van der Waals surface area contributed by atoms with E-state index in [2.05, 4.69) is 0 Å². The largest absolute Gasteiger partial charge is 0.807 e. The normalized spacial score (nSPS) is 11.7. The van der Waals surface area contributed by atoms with Crippen molar-refractivity contribution < 1.29 is 14.4 Å². The fourth-order valence-corrected chi connectivity index (χ4v) is 2.65.